The summed E-state index contributed by atoms with van der Waals surface area (Å²) in [6.07, 6.45) is 0.379. The Morgan fingerprint density at radius 2 is 1.92 bits per heavy atom. The number of rotatable bonds is 4. The molecule has 1 fully saturated rings. The molecular formula is C19H17FN2O4. The average Bonchev–Trinajstić information content (AvgIpc) is 2.88. The molecule has 3 amide bonds. The highest BCUT2D eigenvalue weighted by Crippen LogP contribution is 2.40. The molecule has 0 saturated carbocycles. The molecular weight excluding hydrogens is 339 g/mol. The molecule has 4 rings (SSSR count). The molecule has 1 atom stereocenters. The van der Waals surface area contributed by atoms with Gasteiger partial charge < -0.3 is 14.8 Å². The molecule has 1 saturated heterocycles. The summed E-state index contributed by atoms with van der Waals surface area (Å²) < 4.78 is 24.0. The summed E-state index contributed by atoms with van der Waals surface area (Å²) in [6.45, 7) is 0.578. The highest BCUT2D eigenvalue weighted by atomic mass is 19.1. The molecule has 134 valence electrons. The fourth-order valence-electron chi connectivity index (χ4n) is 3.36. The van der Waals surface area contributed by atoms with Crippen molar-refractivity contribution in [2.45, 2.75) is 12.0 Å². The Labute approximate surface area is 149 Å². The minimum absolute atomic E-state index is 0.104. The number of carbonyl (C=O) groups is 2. The molecule has 7 heteroatoms. The molecule has 0 bridgehead atoms. The quantitative estimate of drug-likeness (QED) is 0.855. The van der Waals surface area contributed by atoms with E-state index < -0.39 is 11.6 Å². The maximum Gasteiger partial charge on any atom is 0.325 e. The molecule has 6 nitrogen and oxygen atoms in total. The van der Waals surface area contributed by atoms with Crippen molar-refractivity contribution in [1.82, 2.24) is 10.2 Å². The maximum absolute atomic E-state index is 13.0. The Bertz CT molecular complexity index is 855. The first kappa shape index (κ1) is 16.4. The number of nitrogens with one attached hydrogen (secondary N) is 1. The van der Waals surface area contributed by atoms with Crippen molar-refractivity contribution in [2.24, 2.45) is 0 Å². The molecule has 1 N–H and O–H groups in total. The molecule has 0 radical (unpaired) electrons. The zero-order valence-corrected chi connectivity index (χ0v) is 13.9. The van der Waals surface area contributed by atoms with Crippen LogP contribution in [-0.2, 0) is 10.3 Å². The topological polar surface area (TPSA) is 67.9 Å². The molecule has 2 aliphatic heterocycles. The van der Waals surface area contributed by atoms with E-state index in [1.54, 1.807) is 12.1 Å². The number of amides is 3. The third kappa shape index (κ3) is 2.65. The van der Waals surface area contributed by atoms with Crippen molar-refractivity contribution in [1.29, 1.82) is 0 Å². The van der Waals surface area contributed by atoms with Crippen molar-refractivity contribution < 1.29 is 23.5 Å². The van der Waals surface area contributed by atoms with Crippen LogP contribution < -0.4 is 14.8 Å². The van der Waals surface area contributed by atoms with E-state index in [9.17, 15) is 14.0 Å². The molecule has 2 heterocycles. The number of benzene rings is 2. The monoisotopic (exact) mass is 356 g/mol. The van der Waals surface area contributed by atoms with Crippen LogP contribution in [-0.4, -0.2) is 36.6 Å². The minimum atomic E-state index is -1.08. The predicted octanol–water partition coefficient (Wildman–Crippen LogP) is 2.43. The van der Waals surface area contributed by atoms with Crippen LogP contribution in [0, 0.1) is 5.82 Å². The van der Waals surface area contributed by atoms with Crippen LogP contribution in [0.1, 0.15) is 12.0 Å². The van der Waals surface area contributed by atoms with Crippen LogP contribution in [0.25, 0.3) is 0 Å². The van der Waals surface area contributed by atoms with Gasteiger partial charge in [0.2, 0.25) is 0 Å². The number of para-hydroxylation sites is 1. The van der Waals surface area contributed by atoms with Gasteiger partial charge in [-0.2, -0.15) is 0 Å². The largest absolute Gasteiger partial charge is 0.493 e. The van der Waals surface area contributed by atoms with E-state index in [2.05, 4.69) is 5.32 Å². The molecule has 1 spiro atoms. The van der Waals surface area contributed by atoms with E-state index in [4.69, 9.17) is 9.47 Å². The Morgan fingerprint density at radius 3 is 2.73 bits per heavy atom. The first-order valence-corrected chi connectivity index (χ1v) is 8.35. The van der Waals surface area contributed by atoms with Crippen molar-refractivity contribution in [2.75, 3.05) is 19.8 Å². The lowest BCUT2D eigenvalue weighted by atomic mass is 9.84. The lowest BCUT2D eigenvalue weighted by molar-refractivity contribution is -0.132. The molecule has 0 aromatic heterocycles. The fourth-order valence-corrected chi connectivity index (χ4v) is 3.36. The number of hydrogen-bond acceptors (Lipinski definition) is 4. The normalized spacial score (nSPS) is 21.3. The lowest BCUT2D eigenvalue weighted by Crippen LogP contribution is -2.47. The van der Waals surface area contributed by atoms with E-state index in [0.29, 0.717) is 30.1 Å². The highest BCUT2D eigenvalue weighted by Gasteiger charge is 2.54. The second-order valence-corrected chi connectivity index (χ2v) is 6.19. The van der Waals surface area contributed by atoms with Gasteiger partial charge in [0.15, 0.2) is 5.54 Å². The van der Waals surface area contributed by atoms with Gasteiger partial charge in [0.1, 0.15) is 23.9 Å². The molecule has 0 aliphatic carbocycles. The van der Waals surface area contributed by atoms with Crippen molar-refractivity contribution in [3.63, 3.8) is 0 Å². The maximum atomic E-state index is 13.0. The molecule has 26 heavy (non-hydrogen) atoms. The predicted molar refractivity (Wildman–Crippen MR) is 90.4 cm³/mol. The van der Waals surface area contributed by atoms with Gasteiger partial charge in [-0.15, -0.1) is 0 Å². The van der Waals surface area contributed by atoms with Gasteiger partial charge in [0.05, 0.1) is 13.2 Å². The summed E-state index contributed by atoms with van der Waals surface area (Å²) >= 11 is 0. The molecule has 2 aromatic carbocycles. The van der Waals surface area contributed by atoms with Gasteiger partial charge in [-0.3, -0.25) is 9.69 Å². The second-order valence-electron chi connectivity index (χ2n) is 6.19. The first-order chi connectivity index (χ1) is 12.6. The van der Waals surface area contributed by atoms with Crippen molar-refractivity contribution in [3.8, 4) is 11.5 Å². The van der Waals surface area contributed by atoms with Crippen LogP contribution in [0.4, 0.5) is 9.18 Å². The number of halogens is 1. The number of ether oxygens (including phenoxy) is 2. The Hall–Kier alpha value is -3.09. The van der Waals surface area contributed by atoms with E-state index in [1.165, 1.54) is 24.3 Å². The molecule has 2 aromatic rings. The van der Waals surface area contributed by atoms with Crippen LogP contribution in [0.2, 0.25) is 0 Å². The van der Waals surface area contributed by atoms with Gasteiger partial charge >= 0.3 is 6.03 Å². The zero-order chi connectivity index (χ0) is 18.1. The number of hydrogen-bond donors (Lipinski definition) is 1. The van der Waals surface area contributed by atoms with Crippen LogP contribution in [0.15, 0.2) is 48.5 Å². The molecule has 1 unspecified atom stereocenters. The summed E-state index contributed by atoms with van der Waals surface area (Å²) in [5, 5.41) is 2.83. The standard InChI is InChI=1S/C19H17FN2O4/c20-13-5-7-14(8-6-13)25-12-10-22-17(23)19(21-18(22)24)9-11-26-16-4-2-1-3-15(16)19/h1-8H,9-12H2,(H,21,24). The van der Waals surface area contributed by atoms with E-state index in [1.807, 2.05) is 12.1 Å². The number of fused-ring (bicyclic) bond motifs is 2. The lowest BCUT2D eigenvalue weighted by Gasteiger charge is -2.33. The number of imide groups is 1. The van der Waals surface area contributed by atoms with E-state index in [0.717, 1.165) is 4.90 Å². The average molecular weight is 356 g/mol. The van der Waals surface area contributed by atoms with E-state index in [-0.39, 0.29) is 24.9 Å². The van der Waals surface area contributed by atoms with Gasteiger partial charge in [-0.25, -0.2) is 9.18 Å². The Balaban J connectivity index is 1.49. The third-order valence-electron chi connectivity index (χ3n) is 4.65. The zero-order valence-electron chi connectivity index (χ0n) is 13.9. The fraction of sp³-hybridized carbons (Fsp3) is 0.263. The smallest absolute Gasteiger partial charge is 0.325 e. The molecule has 2 aliphatic rings. The van der Waals surface area contributed by atoms with Crippen molar-refractivity contribution in [3.05, 3.63) is 59.9 Å². The van der Waals surface area contributed by atoms with Crippen LogP contribution in [0.5, 0.6) is 11.5 Å². The summed E-state index contributed by atoms with van der Waals surface area (Å²) in [5.41, 5.74) is -0.409. The Morgan fingerprint density at radius 1 is 1.15 bits per heavy atom. The SMILES string of the molecule is O=C1NC2(CCOc3ccccc32)C(=O)N1CCOc1ccc(F)cc1. The van der Waals surface area contributed by atoms with Gasteiger partial charge in [-0.05, 0) is 30.3 Å². The summed E-state index contributed by atoms with van der Waals surface area (Å²) in [4.78, 5) is 26.6. The number of urea groups is 1. The Kier molecular flexibility index (Phi) is 3.99. The van der Waals surface area contributed by atoms with E-state index >= 15 is 0 Å². The number of nitrogens with zero attached hydrogens (tertiary/aromatic N) is 1. The number of carbonyl (C=O) groups excluding carboxylic acids is 2. The van der Waals surface area contributed by atoms with Gasteiger partial charge in [0.25, 0.3) is 5.91 Å². The minimum Gasteiger partial charge on any atom is -0.493 e. The van der Waals surface area contributed by atoms with Gasteiger partial charge in [-0.1, -0.05) is 18.2 Å². The summed E-state index contributed by atoms with van der Waals surface area (Å²) in [6, 6.07) is 12.3. The third-order valence-corrected chi connectivity index (χ3v) is 4.65. The van der Waals surface area contributed by atoms with Crippen LogP contribution >= 0.6 is 0 Å². The van der Waals surface area contributed by atoms with Crippen molar-refractivity contribution >= 4 is 11.9 Å². The van der Waals surface area contributed by atoms with Crippen LogP contribution in [0.3, 0.4) is 0 Å². The highest BCUT2D eigenvalue weighted by molar-refractivity contribution is 6.07. The van der Waals surface area contributed by atoms with Gasteiger partial charge in [0, 0.05) is 12.0 Å². The summed E-state index contributed by atoms with van der Waals surface area (Å²) in [7, 11) is 0. The summed E-state index contributed by atoms with van der Waals surface area (Å²) in [5.74, 6) is 0.425. The first-order valence-electron chi connectivity index (χ1n) is 8.35. The second kappa shape index (κ2) is 6.33.